The van der Waals surface area contributed by atoms with Crippen molar-refractivity contribution in [2.45, 2.75) is 39.2 Å². The van der Waals surface area contributed by atoms with Crippen LogP contribution >= 0.6 is 0 Å². The van der Waals surface area contributed by atoms with Gasteiger partial charge in [-0.2, -0.15) is 0 Å². The molecule has 0 aromatic heterocycles. The zero-order chi connectivity index (χ0) is 14.3. The lowest BCUT2D eigenvalue weighted by Crippen LogP contribution is -2.44. The van der Waals surface area contributed by atoms with E-state index in [4.69, 9.17) is 5.11 Å². The highest BCUT2D eigenvalue weighted by Crippen LogP contribution is 2.15. The number of hydrogen-bond donors (Lipinski definition) is 3. The fraction of sp³-hybridized carbons (Fsp3) is 0.846. The molecule has 0 aromatic carbocycles. The molecule has 2 atom stereocenters. The van der Waals surface area contributed by atoms with Gasteiger partial charge in [0.15, 0.2) is 0 Å². The van der Waals surface area contributed by atoms with E-state index >= 15 is 0 Å². The number of carboxylic acid groups (broad SMARTS) is 1. The van der Waals surface area contributed by atoms with Crippen molar-refractivity contribution in [2.24, 2.45) is 5.92 Å². The van der Waals surface area contributed by atoms with E-state index in [1.807, 2.05) is 6.92 Å². The molecule has 0 saturated carbocycles. The minimum Gasteiger partial charge on any atom is -0.481 e. The van der Waals surface area contributed by atoms with E-state index in [1.54, 1.807) is 0 Å². The fourth-order valence-electron chi connectivity index (χ4n) is 2.45. The monoisotopic (exact) mass is 271 g/mol. The van der Waals surface area contributed by atoms with E-state index in [2.05, 4.69) is 22.5 Å². The Morgan fingerprint density at radius 2 is 2.16 bits per heavy atom. The summed E-state index contributed by atoms with van der Waals surface area (Å²) in [5, 5.41) is 14.2. The van der Waals surface area contributed by atoms with E-state index in [9.17, 15) is 9.59 Å². The second-order valence-corrected chi connectivity index (χ2v) is 5.22. The van der Waals surface area contributed by atoms with Crippen LogP contribution in [0.15, 0.2) is 0 Å². The first kappa shape index (κ1) is 15.8. The van der Waals surface area contributed by atoms with Crippen LogP contribution in [-0.4, -0.2) is 54.2 Å². The van der Waals surface area contributed by atoms with Gasteiger partial charge in [-0.15, -0.1) is 0 Å². The number of carboxylic acids is 1. The van der Waals surface area contributed by atoms with Crippen molar-refractivity contribution in [3.8, 4) is 0 Å². The highest BCUT2D eigenvalue weighted by atomic mass is 16.4. The summed E-state index contributed by atoms with van der Waals surface area (Å²) in [7, 11) is 0. The van der Waals surface area contributed by atoms with Crippen molar-refractivity contribution in [3.63, 3.8) is 0 Å². The number of amides is 2. The maximum Gasteiger partial charge on any atom is 0.314 e. The molecule has 0 spiro atoms. The third-order valence-corrected chi connectivity index (χ3v) is 3.54. The van der Waals surface area contributed by atoms with E-state index < -0.39 is 5.97 Å². The largest absolute Gasteiger partial charge is 0.481 e. The predicted octanol–water partition coefficient (Wildman–Crippen LogP) is 0.881. The van der Waals surface area contributed by atoms with Gasteiger partial charge in [0.2, 0.25) is 0 Å². The molecule has 6 nitrogen and oxygen atoms in total. The number of rotatable bonds is 7. The molecule has 1 fully saturated rings. The van der Waals surface area contributed by atoms with Gasteiger partial charge in [-0.05, 0) is 31.8 Å². The molecule has 0 aliphatic carbocycles. The highest BCUT2D eigenvalue weighted by Gasteiger charge is 2.23. The molecule has 1 rings (SSSR count). The van der Waals surface area contributed by atoms with Crippen LogP contribution in [0.1, 0.15) is 33.1 Å². The molecule has 1 saturated heterocycles. The first-order chi connectivity index (χ1) is 9.02. The second kappa shape index (κ2) is 7.99. The van der Waals surface area contributed by atoms with Gasteiger partial charge in [0.1, 0.15) is 0 Å². The summed E-state index contributed by atoms with van der Waals surface area (Å²) in [5.41, 5.74) is 0. The lowest BCUT2D eigenvalue weighted by molar-refractivity contribution is -0.137. The van der Waals surface area contributed by atoms with Crippen molar-refractivity contribution >= 4 is 12.0 Å². The molecule has 1 aliphatic heterocycles. The van der Waals surface area contributed by atoms with Crippen LogP contribution in [0.2, 0.25) is 0 Å². The molecule has 110 valence electrons. The summed E-state index contributed by atoms with van der Waals surface area (Å²) in [6.45, 7) is 7.12. The highest BCUT2D eigenvalue weighted by molar-refractivity contribution is 5.74. The summed E-state index contributed by atoms with van der Waals surface area (Å²) in [6, 6.07) is 0.229. The van der Waals surface area contributed by atoms with Gasteiger partial charge < -0.3 is 15.7 Å². The maximum absolute atomic E-state index is 11.6. The number of nitrogens with one attached hydrogen (secondary N) is 2. The molecule has 2 amide bonds. The van der Waals surface area contributed by atoms with Crippen molar-refractivity contribution < 1.29 is 14.7 Å². The van der Waals surface area contributed by atoms with Crippen molar-refractivity contribution in [2.75, 3.05) is 26.2 Å². The quantitative estimate of drug-likeness (QED) is 0.642. The Labute approximate surface area is 114 Å². The van der Waals surface area contributed by atoms with Gasteiger partial charge >= 0.3 is 12.0 Å². The zero-order valence-electron chi connectivity index (χ0n) is 11.8. The molecular weight excluding hydrogens is 246 g/mol. The third kappa shape index (κ3) is 5.92. The van der Waals surface area contributed by atoms with Crippen molar-refractivity contribution in [1.82, 2.24) is 15.5 Å². The second-order valence-electron chi connectivity index (χ2n) is 5.22. The Kier molecular flexibility index (Phi) is 6.62. The van der Waals surface area contributed by atoms with Crippen molar-refractivity contribution in [3.05, 3.63) is 0 Å². The lowest BCUT2D eigenvalue weighted by atomic mass is 10.1. The number of likely N-dealkylation sites (N-methyl/N-ethyl adjacent to an activating group) is 1. The number of likely N-dealkylation sites (tertiary alicyclic amines) is 1. The van der Waals surface area contributed by atoms with Gasteiger partial charge in [-0.1, -0.05) is 13.8 Å². The van der Waals surface area contributed by atoms with Gasteiger partial charge in [-0.25, -0.2) is 4.79 Å². The van der Waals surface area contributed by atoms with Gasteiger partial charge in [0, 0.05) is 25.6 Å². The number of carbonyl (C=O) groups excluding carboxylic acids is 1. The number of nitrogens with zero attached hydrogens (tertiary/aromatic N) is 1. The van der Waals surface area contributed by atoms with Crippen molar-refractivity contribution in [1.29, 1.82) is 0 Å². The molecule has 2 unspecified atom stereocenters. The van der Waals surface area contributed by atoms with Gasteiger partial charge in [-0.3, -0.25) is 9.69 Å². The van der Waals surface area contributed by atoms with Crippen LogP contribution < -0.4 is 10.6 Å². The van der Waals surface area contributed by atoms with E-state index in [-0.39, 0.29) is 18.4 Å². The molecule has 0 aromatic rings. The molecule has 19 heavy (non-hydrogen) atoms. The van der Waals surface area contributed by atoms with E-state index in [0.717, 1.165) is 19.5 Å². The summed E-state index contributed by atoms with van der Waals surface area (Å²) >= 11 is 0. The van der Waals surface area contributed by atoms with Crippen LogP contribution in [0.5, 0.6) is 0 Å². The van der Waals surface area contributed by atoms with Crippen LogP contribution in [0.4, 0.5) is 4.79 Å². The van der Waals surface area contributed by atoms with E-state index in [1.165, 1.54) is 6.42 Å². The molecule has 6 heteroatoms. The van der Waals surface area contributed by atoms with Crippen LogP contribution in [-0.2, 0) is 4.79 Å². The van der Waals surface area contributed by atoms with Crippen LogP contribution in [0.25, 0.3) is 0 Å². The summed E-state index contributed by atoms with van der Waals surface area (Å²) in [5.74, 6) is -0.888. The summed E-state index contributed by atoms with van der Waals surface area (Å²) in [4.78, 5) is 24.5. The topological polar surface area (TPSA) is 81.7 Å². The smallest absolute Gasteiger partial charge is 0.314 e. The maximum atomic E-state index is 11.6. The van der Waals surface area contributed by atoms with Crippen LogP contribution in [0.3, 0.4) is 0 Å². The Balaban J connectivity index is 2.15. The molecule has 0 bridgehead atoms. The Hall–Kier alpha value is -1.30. The minimum absolute atomic E-state index is 0.0538. The first-order valence-electron chi connectivity index (χ1n) is 7.00. The molecule has 1 aliphatic rings. The number of aliphatic carboxylic acids is 1. The molecule has 3 N–H and O–H groups in total. The van der Waals surface area contributed by atoms with Gasteiger partial charge in [0.05, 0.1) is 0 Å². The van der Waals surface area contributed by atoms with E-state index in [0.29, 0.717) is 19.1 Å². The molecule has 0 radical (unpaired) electrons. The standard InChI is InChI=1S/C13H25N3O3/c1-3-16-6-4-5-11(16)9-15-13(19)14-8-10(2)7-12(17)18/h10-11H,3-9H2,1-2H3,(H,17,18)(H2,14,15,19). The average Bonchev–Trinajstić information content (AvgIpc) is 2.80. The van der Waals surface area contributed by atoms with Crippen LogP contribution in [0, 0.1) is 5.92 Å². The normalized spacial score (nSPS) is 21.1. The molecule has 1 heterocycles. The number of carbonyl (C=O) groups is 2. The fourth-order valence-corrected chi connectivity index (χ4v) is 2.45. The number of hydrogen-bond acceptors (Lipinski definition) is 3. The summed E-state index contributed by atoms with van der Waals surface area (Å²) in [6.07, 6.45) is 2.40. The van der Waals surface area contributed by atoms with Gasteiger partial charge in [0.25, 0.3) is 0 Å². The average molecular weight is 271 g/mol. The first-order valence-corrected chi connectivity index (χ1v) is 7.00. The third-order valence-electron chi connectivity index (χ3n) is 3.54. The predicted molar refractivity (Wildman–Crippen MR) is 73.1 cm³/mol. The summed E-state index contributed by atoms with van der Waals surface area (Å²) < 4.78 is 0. The number of urea groups is 1. The molecular formula is C13H25N3O3. The lowest BCUT2D eigenvalue weighted by Gasteiger charge is -2.23. The zero-order valence-corrected chi connectivity index (χ0v) is 11.8. The minimum atomic E-state index is -0.834. The Bertz CT molecular complexity index is 310. The Morgan fingerprint density at radius 1 is 1.42 bits per heavy atom. The Morgan fingerprint density at radius 3 is 2.79 bits per heavy atom. The SMILES string of the molecule is CCN1CCCC1CNC(=O)NCC(C)CC(=O)O.